The lowest BCUT2D eigenvalue weighted by Crippen LogP contribution is -2.13. The van der Waals surface area contributed by atoms with E-state index in [0.717, 1.165) is 4.47 Å². The van der Waals surface area contributed by atoms with Crippen molar-refractivity contribution in [2.24, 2.45) is 0 Å². The van der Waals surface area contributed by atoms with Crippen LogP contribution in [0.25, 0.3) is 0 Å². The second-order valence-corrected chi connectivity index (χ2v) is 4.79. The van der Waals surface area contributed by atoms with Crippen LogP contribution in [0.15, 0.2) is 16.0 Å². The Morgan fingerprint density at radius 3 is 3.12 bits per heavy atom. The summed E-state index contributed by atoms with van der Waals surface area (Å²) < 4.78 is 11.2. The molecule has 0 radical (unpaired) electrons. The zero-order valence-corrected chi connectivity index (χ0v) is 11.5. The summed E-state index contributed by atoms with van der Waals surface area (Å²) >= 11 is 4.57. The first-order chi connectivity index (χ1) is 8.24. The van der Waals surface area contributed by atoms with Crippen molar-refractivity contribution in [2.75, 3.05) is 13.7 Å². The van der Waals surface area contributed by atoms with Crippen LogP contribution in [-0.4, -0.2) is 38.2 Å². The Morgan fingerprint density at radius 1 is 1.65 bits per heavy atom. The highest BCUT2D eigenvalue weighted by Crippen LogP contribution is 2.27. The maximum Gasteiger partial charge on any atom is 0.141 e. The number of aromatic nitrogens is 4. The summed E-state index contributed by atoms with van der Waals surface area (Å²) in [5.74, 6) is 0. The number of aliphatic hydroxyl groups is 1. The third-order valence-corrected chi connectivity index (χ3v) is 3.39. The number of aliphatic hydroxyl groups excluding tert-OH is 1. The van der Waals surface area contributed by atoms with Crippen molar-refractivity contribution >= 4 is 27.5 Å². The smallest absolute Gasteiger partial charge is 0.141 e. The number of rotatable bonds is 5. The van der Waals surface area contributed by atoms with E-state index in [2.05, 4.69) is 30.6 Å². The fourth-order valence-electron chi connectivity index (χ4n) is 1.43. The first-order valence-corrected chi connectivity index (χ1v) is 6.52. The van der Waals surface area contributed by atoms with E-state index in [1.165, 1.54) is 11.5 Å². The predicted molar refractivity (Wildman–Crippen MR) is 65.8 cm³/mol. The summed E-state index contributed by atoms with van der Waals surface area (Å²) in [6.07, 6.45) is 0.816. The van der Waals surface area contributed by atoms with Gasteiger partial charge in [0, 0.05) is 12.5 Å². The molecule has 0 aliphatic carbocycles. The minimum Gasteiger partial charge on any atom is -0.383 e. The van der Waals surface area contributed by atoms with Crippen molar-refractivity contribution in [3.8, 4) is 0 Å². The maximum atomic E-state index is 10.2. The molecule has 2 aromatic heterocycles. The molecule has 8 heteroatoms. The largest absolute Gasteiger partial charge is 0.383 e. The first kappa shape index (κ1) is 12.6. The molecule has 0 amide bonds. The number of hydrogen-bond acceptors (Lipinski definition) is 6. The lowest BCUT2D eigenvalue weighted by Gasteiger charge is -2.11. The van der Waals surface area contributed by atoms with Crippen molar-refractivity contribution in [2.45, 2.75) is 12.6 Å². The van der Waals surface area contributed by atoms with Gasteiger partial charge in [-0.2, -0.15) is 5.10 Å². The van der Waals surface area contributed by atoms with Crippen molar-refractivity contribution in [1.82, 2.24) is 19.4 Å². The molecule has 0 fully saturated rings. The number of ether oxygens (including phenoxy) is 1. The lowest BCUT2D eigenvalue weighted by atomic mass is 10.2. The molecule has 17 heavy (non-hydrogen) atoms. The van der Waals surface area contributed by atoms with E-state index in [4.69, 9.17) is 4.74 Å². The Labute approximate surface area is 111 Å². The van der Waals surface area contributed by atoms with Crippen LogP contribution in [0.4, 0.5) is 0 Å². The zero-order valence-electron chi connectivity index (χ0n) is 9.08. The molecule has 1 N–H and O–H groups in total. The molecule has 0 saturated carbocycles. The molecule has 0 saturated heterocycles. The fourth-order valence-corrected chi connectivity index (χ4v) is 2.42. The minimum absolute atomic E-state index is 0.523. The Kier molecular flexibility index (Phi) is 4.21. The maximum absolute atomic E-state index is 10.2. The molecule has 1 atom stereocenters. The third kappa shape index (κ3) is 2.71. The third-order valence-electron chi connectivity index (χ3n) is 2.26. The van der Waals surface area contributed by atoms with Crippen molar-refractivity contribution < 1.29 is 9.84 Å². The van der Waals surface area contributed by atoms with Crippen molar-refractivity contribution in [3.63, 3.8) is 0 Å². The highest BCUT2D eigenvalue weighted by molar-refractivity contribution is 9.10. The normalized spacial score (nSPS) is 12.9. The van der Waals surface area contributed by atoms with Gasteiger partial charge in [0.15, 0.2) is 0 Å². The number of hydrogen-bond donors (Lipinski definition) is 1. The van der Waals surface area contributed by atoms with E-state index in [1.807, 2.05) is 0 Å². The van der Waals surface area contributed by atoms with Crippen LogP contribution in [0, 0.1) is 0 Å². The van der Waals surface area contributed by atoms with Gasteiger partial charge in [0.25, 0.3) is 0 Å². The van der Waals surface area contributed by atoms with Gasteiger partial charge in [-0.15, -0.1) is 5.10 Å². The monoisotopic (exact) mass is 318 g/mol. The molecule has 0 aliphatic heterocycles. The highest BCUT2D eigenvalue weighted by atomic mass is 79.9. The molecule has 0 aromatic carbocycles. The van der Waals surface area contributed by atoms with Gasteiger partial charge in [-0.3, -0.25) is 4.68 Å². The molecule has 0 aliphatic rings. The van der Waals surface area contributed by atoms with E-state index in [0.29, 0.717) is 24.5 Å². The fraction of sp³-hybridized carbons (Fsp3) is 0.444. The average molecular weight is 319 g/mol. The zero-order chi connectivity index (χ0) is 12.3. The quantitative estimate of drug-likeness (QED) is 0.897. The van der Waals surface area contributed by atoms with Crippen LogP contribution in [0.3, 0.4) is 0 Å². The van der Waals surface area contributed by atoms with E-state index in [9.17, 15) is 5.11 Å². The van der Waals surface area contributed by atoms with Gasteiger partial charge in [-0.05, 0) is 27.5 Å². The summed E-state index contributed by atoms with van der Waals surface area (Å²) in [5.41, 5.74) is 1.18. The number of halogens is 1. The van der Waals surface area contributed by atoms with Crippen LogP contribution in [0.2, 0.25) is 0 Å². The van der Waals surface area contributed by atoms with Crippen molar-refractivity contribution in [1.29, 1.82) is 0 Å². The molecule has 2 heterocycles. The summed E-state index contributed by atoms with van der Waals surface area (Å²) in [7, 11) is 1.62. The van der Waals surface area contributed by atoms with Crippen LogP contribution in [0.5, 0.6) is 0 Å². The van der Waals surface area contributed by atoms with Gasteiger partial charge < -0.3 is 9.84 Å². The molecule has 1 unspecified atom stereocenters. The van der Waals surface area contributed by atoms with E-state index in [-0.39, 0.29) is 0 Å². The summed E-state index contributed by atoms with van der Waals surface area (Å²) in [5, 5.41) is 19.9. The molecule has 2 rings (SSSR count). The van der Waals surface area contributed by atoms with E-state index < -0.39 is 6.10 Å². The van der Waals surface area contributed by atoms with Crippen LogP contribution in [0.1, 0.15) is 17.5 Å². The molecule has 2 aromatic rings. The molecule has 92 valence electrons. The second kappa shape index (κ2) is 5.67. The molecule has 0 spiro atoms. The molecular weight excluding hydrogens is 308 g/mol. The van der Waals surface area contributed by atoms with Gasteiger partial charge in [-0.25, -0.2) is 0 Å². The lowest BCUT2D eigenvalue weighted by molar-refractivity contribution is 0.169. The second-order valence-electron chi connectivity index (χ2n) is 3.33. The average Bonchev–Trinajstić information content (AvgIpc) is 2.95. The Morgan fingerprint density at radius 2 is 2.47 bits per heavy atom. The standard InChI is InChI=1S/C9H11BrN4O2S/c1-16-3-2-14-8(6(10)4-11-14)9(15)7-5-17-13-12-7/h4-5,9,15H,2-3H2,1H3. The summed E-state index contributed by atoms with van der Waals surface area (Å²) in [4.78, 5) is 0. The SMILES string of the molecule is COCCn1ncc(Br)c1C(O)c1csnn1. The van der Waals surface area contributed by atoms with Gasteiger partial charge in [0.05, 0.1) is 29.5 Å². The Bertz CT molecular complexity index is 473. The number of nitrogens with zero attached hydrogens (tertiary/aromatic N) is 4. The molecule has 6 nitrogen and oxygen atoms in total. The first-order valence-electron chi connectivity index (χ1n) is 4.89. The van der Waals surface area contributed by atoms with E-state index in [1.54, 1.807) is 23.4 Å². The van der Waals surface area contributed by atoms with Crippen LogP contribution < -0.4 is 0 Å². The molecule has 0 bridgehead atoms. The minimum atomic E-state index is -0.831. The van der Waals surface area contributed by atoms with Gasteiger partial charge in [0.2, 0.25) is 0 Å². The topological polar surface area (TPSA) is 73.1 Å². The van der Waals surface area contributed by atoms with Crippen LogP contribution in [-0.2, 0) is 11.3 Å². The van der Waals surface area contributed by atoms with Crippen LogP contribution >= 0.6 is 27.5 Å². The van der Waals surface area contributed by atoms with E-state index >= 15 is 0 Å². The van der Waals surface area contributed by atoms with Gasteiger partial charge >= 0.3 is 0 Å². The van der Waals surface area contributed by atoms with Gasteiger partial charge in [0.1, 0.15) is 11.8 Å². The Balaban J connectivity index is 2.27. The Hall–Kier alpha value is -0.830. The number of methoxy groups -OCH3 is 1. The van der Waals surface area contributed by atoms with Gasteiger partial charge in [-0.1, -0.05) is 4.49 Å². The summed E-state index contributed by atoms with van der Waals surface area (Å²) in [6.45, 7) is 1.11. The molecular formula is C9H11BrN4O2S. The summed E-state index contributed by atoms with van der Waals surface area (Å²) in [6, 6.07) is 0. The predicted octanol–water partition coefficient (Wildman–Crippen LogP) is 1.23. The highest BCUT2D eigenvalue weighted by Gasteiger charge is 2.21. The van der Waals surface area contributed by atoms with Crippen molar-refractivity contribution in [3.05, 3.63) is 27.4 Å².